The molecule has 0 amide bonds. The van der Waals surface area contributed by atoms with Crippen LogP contribution in [-0.2, 0) is 6.42 Å². The van der Waals surface area contributed by atoms with E-state index < -0.39 is 0 Å². The Bertz CT molecular complexity index is 859. The molecule has 0 saturated carbocycles. The second-order valence-corrected chi connectivity index (χ2v) is 7.59. The Morgan fingerprint density at radius 1 is 1.14 bits per heavy atom. The third-order valence-corrected chi connectivity index (χ3v) is 5.59. The molecular weight excluding hydrogens is 350 g/mol. The lowest BCUT2D eigenvalue weighted by atomic mass is 9.82. The van der Waals surface area contributed by atoms with Crippen LogP contribution in [0, 0.1) is 0 Å². The number of nitrogens with one attached hydrogen (secondary N) is 1. The molecule has 1 N–H and O–H groups in total. The van der Waals surface area contributed by atoms with Gasteiger partial charge in [0.15, 0.2) is 5.78 Å². The lowest BCUT2D eigenvalue weighted by molar-refractivity contribution is 0.0963. The Morgan fingerprint density at radius 3 is 2.61 bits per heavy atom. The van der Waals surface area contributed by atoms with Gasteiger partial charge in [-0.05, 0) is 24.9 Å². The summed E-state index contributed by atoms with van der Waals surface area (Å²) in [5, 5.41) is 3.27. The van der Waals surface area contributed by atoms with E-state index in [1.54, 1.807) is 6.08 Å². The first-order chi connectivity index (χ1) is 13.7. The van der Waals surface area contributed by atoms with Gasteiger partial charge in [-0.25, -0.2) is 4.98 Å². The van der Waals surface area contributed by atoms with Crippen molar-refractivity contribution in [3.8, 4) is 0 Å². The summed E-state index contributed by atoms with van der Waals surface area (Å²) in [7, 11) is 2.13. The summed E-state index contributed by atoms with van der Waals surface area (Å²) in [5.74, 6) is 1.66. The van der Waals surface area contributed by atoms with Gasteiger partial charge in [-0.3, -0.25) is 4.79 Å². The fraction of sp³-hybridized carbons (Fsp3) is 0.409. The summed E-state index contributed by atoms with van der Waals surface area (Å²) in [5.41, 5.74) is 2.72. The number of hydrogen-bond donors (Lipinski definition) is 1. The predicted molar refractivity (Wildman–Crippen MR) is 112 cm³/mol. The van der Waals surface area contributed by atoms with E-state index in [9.17, 15) is 4.79 Å². The molecule has 2 aromatic rings. The summed E-state index contributed by atoms with van der Waals surface area (Å²) in [6.45, 7) is 8.11. The van der Waals surface area contributed by atoms with E-state index >= 15 is 0 Å². The Kier molecular flexibility index (Phi) is 5.39. The van der Waals surface area contributed by atoms with Crippen molar-refractivity contribution in [3.63, 3.8) is 0 Å². The lowest BCUT2D eigenvalue weighted by Crippen LogP contribution is -2.45. The van der Waals surface area contributed by atoms with Crippen molar-refractivity contribution in [2.24, 2.45) is 0 Å². The second-order valence-electron chi connectivity index (χ2n) is 7.59. The number of nitrogens with zero attached hydrogens (tertiary/aromatic N) is 4. The highest BCUT2D eigenvalue weighted by Gasteiger charge is 2.32. The minimum atomic E-state index is 0.117. The fourth-order valence-electron chi connectivity index (χ4n) is 3.97. The predicted octanol–water partition coefficient (Wildman–Crippen LogP) is 2.74. The molecule has 1 aliphatic heterocycles. The quantitative estimate of drug-likeness (QED) is 0.809. The summed E-state index contributed by atoms with van der Waals surface area (Å²) in [4.78, 5) is 27.1. The zero-order valence-corrected chi connectivity index (χ0v) is 16.4. The van der Waals surface area contributed by atoms with Crippen LogP contribution in [0.1, 0.15) is 34.0 Å². The molecule has 1 atom stereocenters. The first kappa shape index (κ1) is 18.6. The topological polar surface area (TPSA) is 61.4 Å². The SMILES string of the molecule is C=CCNc1nc(N2CCN(C)CC2)nc2c1C(=O)C[C@@H](c1ccccc1)C2. The van der Waals surface area contributed by atoms with Gasteiger partial charge in [0.25, 0.3) is 0 Å². The number of benzene rings is 1. The molecule has 1 aromatic carbocycles. The maximum absolute atomic E-state index is 13.0. The number of Topliss-reactive ketones (excluding diaryl/α,β-unsaturated/α-hetero) is 1. The molecular formula is C22H27N5O. The van der Waals surface area contributed by atoms with Crippen LogP contribution in [0.4, 0.5) is 11.8 Å². The van der Waals surface area contributed by atoms with Gasteiger partial charge in [0.2, 0.25) is 5.95 Å². The zero-order chi connectivity index (χ0) is 19.5. The molecule has 1 aliphatic carbocycles. The van der Waals surface area contributed by atoms with Crippen molar-refractivity contribution in [2.45, 2.75) is 18.8 Å². The number of aromatic nitrogens is 2. The van der Waals surface area contributed by atoms with Crippen molar-refractivity contribution < 1.29 is 4.79 Å². The van der Waals surface area contributed by atoms with Gasteiger partial charge in [0, 0.05) is 39.1 Å². The van der Waals surface area contributed by atoms with Crippen molar-refractivity contribution in [1.29, 1.82) is 0 Å². The summed E-state index contributed by atoms with van der Waals surface area (Å²) in [6.07, 6.45) is 3.04. The lowest BCUT2D eigenvalue weighted by Gasteiger charge is -2.33. The first-order valence-corrected chi connectivity index (χ1v) is 9.93. The number of piperazine rings is 1. The van der Waals surface area contributed by atoms with E-state index in [1.165, 1.54) is 5.56 Å². The van der Waals surface area contributed by atoms with Crippen LogP contribution >= 0.6 is 0 Å². The first-order valence-electron chi connectivity index (χ1n) is 9.93. The number of rotatable bonds is 5. The normalized spacial score (nSPS) is 20.0. The summed E-state index contributed by atoms with van der Waals surface area (Å²) < 4.78 is 0. The third kappa shape index (κ3) is 3.78. The van der Waals surface area contributed by atoms with Crippen LogP contribution in [0.25, 0.3) is 0 Å². The van der Waals surface area contributed by atoms with E-state index in [0.717, 1.165) is 44.2 Å². The van der Waals surface area contributed by atoms with E-state index in [1.807, 2.05) is 18.2 Å². The molecule has 2 aliphatic rings. The van der Waals surface area contributed by atoms with Crippen LogP contribution in [0.2, 0.25) is 0 Å². The van der Waals surface area contributed by atoms with E-state index in [0.29, 0.717) is 24.3 Å². The molecule has 6 heteroatoms. The maximum Gasteiger partial charge on any atom is 0.227 e. The Labute approximate surface area is 166 Å². The zero-order valence-electron chi connectivity index (χ0n) is 16.4. The number of carbonyl (C=O) groups is 1. The van der Waals surface area contributed by atoms with Crippen molar-refractivity contribution >= 4 is 17.5 Å². The minimum Gasteiger partial charge on any atom is -0.366 e. The molecule has 146 valence electrons. The smallest absolute Gasteiger partial charge is 0.227 e. The monoisotopic (exact) mass is 377 g/mol. The standard InChI is InChI=1S/C22H27N5O/c1-3-9-23-21-20-18(24-22(25-21)27-12-10-26(2)11-13-27)14-17(15-19(20)28)16-7-5-4-6-8-16/h3-8,17H,1,9-15H2,2H3,(H,23,24,25)/t17-/m0/s1. The van der Waals surface area contributed by atoms with Gasteiger partial charge in [-0.2, -0.15) is 4.98 Å². The van der Waals surface area contributed by atoms with Crippen LogP contribution in [0.15, 0.2) is 43.0 Å². The average molecular weight is 377 g/mol. The molecule has 1 saturated heterocycles. The Hall–Kier alpha value is -2.73. The molecule has 0 bridgehead atoms. The van der Waals surface area contributed by atoms with E-state index in [2.05, 4.69) is 40.9 Å². The van der Waals surface area contributed by atoms with Crippen LogP contribution in [0.5, 0.6) is 0 Å². The molecule has 2 heterocycles. The number of likely N-dealkylation sites (N-methyl/N-ethyl adjacent to an activating group) is 1. The molecule has 0 spiro atoms. The highest BCUT2D eigenvalue weighted by molar-refractivity contribution is 6.03. The second kappa shape index (κ2) is 8.10. The number of carbonyl (C=O) groups excluding carboxylic acids is 1. The number of ketones is 1. The molecule has 28 heavy (non-hydrogen) atoms. The van der Waals surface area contributed by atoms with Gasteiger partial charge in [-0.15, -0.1) is 6.58 Å². The van der Waals surface area contributed by atoms with Gasteiger partial charge in [0.1, 0.15) is 5.82 Å². The van der Waals surface area contributed by atoms with E-state index in [4.69, 9.17) is 9.97 Å². The highest BCUT2D eigenvalue weighted by atomic mass is 16.1. The number of fused-ring (bicyclic) bond motifs is 1. The molecule has 1 aromatic heterocycles. The molecule has 0 unspecified atom stereocenters. The van der Waals surface area contributed by atoms with Gasteiger partial charge in [0.05, 0.1) is 11.3 Å². The molecule has 1 fully saturated rings. The van der Waals surface area contributed by atoms with Gasteiger partial charge >= 0.3 is 0 Å². The molecule has 6 nitrogen and oxygen atoms in total. The summed E-state index contributed by atoms with van der Waals surface area (Å²) in [6, 6.07) is 10.3. The largest absolute Gasteiger partial charge is 0.366 e. The number of anilines is 2. The number of hydrogen-bond acceptors (Lipinski definition) is 6. The Morgan fingerprint density at radius 2 is 1.89 bits per heavy atom. The summed E-state index contributed by atoms with van der Waals surface area (Å²) >= 11 is 0. The highest BCUT2D eigenvalue weighted by Crippen LogP contribution is 2.35. The molecule has 4 rings (SSSR count). The van der Waals surface area contributed by atoms with Crippen molar-refractivity contribution in [3.05, 3.63) is 59.8 Å². The average Bonchev–Trinajstić information content (AvgIpc) is 2.72. The minimum absolute atomic E-state index is 0.117. The van der Waals surface area contributed by atoms with Crippen molar-refractivity contribution in [1.82, 2.24) is 14.9 Å². The molecule has 0 radical (unpaired) electrons. The third-order valence-electron chi connectivity index (χ3n) is 5.59. The van der Waals surface area contributed by atoms with Crippen LogP contribution in [-0.4, -0.2) is 60.4 Å². The Balaban J connectivity index is 1.70. The van der Waals surface area contributed by atoms with Crippen LogP contribution in [0.3, 0.4) is 0 Å². The van der Waals surface area contributed by atoms with Crippen molar-refractivity contribution in [2.75, 3.05) is 50.0 Å². The fourth-order valence-corrected chi connectivity index (χ4v) is 3.97. The van der Waals surface area contributed by atoms with E-state index in [-0.39, 0.29) is 11.7 Å². The van der Waals surface area contributed by atoms with Crippen LogP contribution < -0.4 is 10.2 Å². The maximum atomic E-state index is 13.0. The van der Waals surface area contributed by atoms with Gasteiger partial charge in [-0.1, -0.05) is 36.4 Å². The van der Waals surface area contributed by atoms with Gasteiger partial charge < -0.3 is 15.1 Å².